The second kappa shape index (κ2) is 6.71. The first-order valence-corrected chi connectivity index (χ1v) is 7.10. The SMILES string of the molecule is CCCC(C)(CC)Cc1ccc(SC#N)cc1. The molecule has 1 rings (SSSR count). The molecule has 0 bridgehead atoms. The lowest BCUT2D eigenvalue weighted by Crippen LogP contribution is -2.18. The van der Waals surface area contributed by atoms with Crippen molar-refractivity contribution in [2.24, 2.45) is 5.41 Å². The molecule has 0 radical (unpaired) electrons. The van der Waals surface area contributed by atoms with Crippen LogP contribution in [0.4, 0.5) is 0 Å². The summed E-state index contributed by atoms with van der Waals surface area (Å²) in [5, 5.41) is 10.7. The molecule has 0 aliphatic rings. The number of thiocyanates is 1. The van der Waals surface area contributed by atoms with Crippen molar-refractivity contribution >= 4 is 11.8 Å². The van der Waals surface area contributed by atoms with Crippen LogP contribution < -0.4 is 0 Å². The van der Waals surface area contributed by atoms with Gasteiger partial charge in [0.15, 0.2) is 0 Å². The van der Waals surface area contributed by atoms with Crippen LogP contribution >= 0.6 is 11.8 Å². The molecule has 0 fully saturated rings. The first-order chi connectivity index (χ1) is 8.13. The third-order valence-corrected chi connectivity index (χ3v) is 4.02. The van der Waals surface area contributed by atoms with Crippen LogP contribution in [0, 0.1) is 16.1 Å². The van der Waals surface area contributed by atoms with Crippen molar-refractivity contribution < 1.29 is 0 Å². The van der Waals surface area contributed by atoms with Gasteiger partial charge in [-0.25, -0.2) is 0 Å². The Morgan fingerprint density at radius 1 is 1.24 bits per heavy atom. The monoisotopic (exact) mass is 247 g/mol. The Morgan fingerprint density at radius 3 is 2.35 bits per heavy atom. The molecule has 0 aromatic heterocycles. The van der Waals surface area contributed by atoms with E-state index >= 15 is 0 Å². The molecule has 1 atom stereocenters. The van der Waals surface area contributed by atoms with Gasteiger partial charge in [-0.15, -0.1) is 0 Å². The van der Waals surface area contributed by atoms with E-state index in [1.807, 2.05) is 12.1 Å². The molecule has 0 N–H and O–H groups in total. The molecule has 1 aromatic carbocycles. The van der Waals surface area contributed by atoms with Crippen LogP contribution in [-0.4, -0.2) is 0 Å². The second-order valence-corrected chi connectivity index (χ2v) is 5.79. The van der Waals surface area contributed by atoms with Crippen LogP contribution in [0.3, 0.4) is 0 Å². The molecule has 0 aliphatic heterocycles. The van der Waals surface area contributed by atoms with Crippen LogP contribution in [-0.2, 0) is 6.42 Å². The summed E-state index contributed by atoms with van der Waals surface area (Å²) >= 11 is 1.22. The Balaban J connectivity index is 2.71. The van der Waals surface area contributed by atoms with Crippen molar-refractivity contribution in [1.82, 2.24) is 0 Å². The smallest absolute Gasteiger partial charge is 0.138 e. The molecule has 0 heterocycles. The lowest BCUT2D eigenvalue weighted by molar-refractivity contribution is 0.279. The van der Waals surface area contributed by atoms with E-state index in [-0.39, 0.29) is 0 Å². The Hall–Kier alpha value is -0.940. The van der Waals surface area contributed by atoms with Crippen molar-refractivity contribution in [3.63, 3.8) is 0 Å². The van der Waals surface area contributed by atoms with Gasteiger partial charge in [0.2, 0.25) is 0 Å². The molecule has 0 aliphatic carbocycles. The van der Waals surface area contributed by atoms with E-state index in [9.17, 15) is 0 Å². The summed E-state index contributed by atoms with van der Waals surface area (Å²) in [6.45, 7) is 6.89. The maximum atomic E-state index is 8.60. The molecule has 1 aromatic rings. The van der Waals surface area contributed by atoms with Gasteiger partial charge in [-0.2, -0.15) is 5.26 Å². The predicted octanol–water partition coefficient (Wildman–Crippen LogP) is 5.02. The number of hydrogen-bond donors (Lipinski definition) is 0. The van der Waals surface area contributed by atoms with E-state index in [1.54, 1.807) is 0 Å². The van der Waals surface area contributed by atoms with E-state index in [4.69, 9.17) is 5.26 Å². The van der Waals surface area contributed by atoms with Crippen LogP contribution in [0.2, 0.25) is 0 Å². The van der Waals surface area contributed by atoms with E-state index in [2.05, 4.69) is 38.3 Å². The van der Waals surface area contributed by atoms with Crippen molar-refractivity contribution in [2.45, 2.75) is 51.3 Å². The summed E-state index contributed by atoms with van der Waals surface area (Å²) in [5.74, 6) is 0. The molecule has 1 nitrogen and oxygen atoms in total. The average molecular weight is 247 g/mol. The lowest BCUT2D eigenvalue weighted by atomic mass is 9.78. The lowest BCUT2D eigenvalue weighted by Gasteiger charge is -2.28. The standard InChI is InChI=1S/C15H21NS/c1-4-10-15(3,5-2)11-13-6-8-14(9-7-13)17-12-16/h6-9H,4-5,10-11H2,1-3H3. The third kappa shape index (κ3) is 4.44. The van der Waals surface area contributed by atoms with Gasteiger partial charge in [-0.3, -0.25) is 0 Å². The maximum absolute atomic E-state index is 8.60. The van der Waals surface area contributed by atoms with Crippen molar-refractivity contribution in [3.8, 4) is 5.40 Å². The Kier molecular flexibility index (Phi) is 5.58. The molecule has 0 saturated heterocycles. The van der Waals surface area contributed by atoms with Crippen LogP contribution in [0.15, 0.2) is 29.2 Å². The normalized spacial score (nSPS) is 14.0. The van der Waals surface area contributed by atoms with Gasteiger partial charge in [-0.1, -0.05) is 45.7 Å². The van der Waals surface area contributed by atoms with Gasteiger partial charge >= 0.3 is 0 Å². The number of nitrogens with zero attached hydrogens (tertiary/aromatic N) is 1. The van der Waals surface area contributed by atoms with Gasteiger partial charge < -0.3 is 0 Å². The summed E-state index contributed by atoms with van der Waals surface area (Å²) in [6, 6.07) is 8.41. The van der Waals surface area contributed by atoms with Crippen molar-refractivity contribution in [2.75, 3.05) is 0 Å². The first-order valence-electron chi connectivity index (χ1n) is 6.28. The van der Waals surface area contributed by atoms with E-state index < -0.39 is 0 Å². The topological polar surface area (TPSA) is 23.8 Å². The maximum Gasteiger partial charge on any atom is 0.138 e. The molecule has 92 valence electrons. The summed E-state index contributed by atoms with van der Waals surface area (Å²) in [4.78, 5) is 1.03. The van der Waals surface area contributed by atoms with Gasteiger partial charge in [0.1, 0.15) is 5.40 Å². The van der Waals surface area contributed by atoms with Gasteiger partial charge in [0.25, 0.3) is 0 Å². The minimum atomic E-state index is 0.415. The molecule has 2 heteroatoms. The Labute approximate surface area is 109 Å². The molecular weight excluding hydrogens is 226 g/mol. The van der Waals surface area contributed by atoms with Gasteiger partial charge in [0, 0.05) is 4.90 Å². The van der Waals surface area contributed by atoms with Crippen LogP contribution in [0.5, 0.6) is 0 Å². The predicted molar refractivity (Wildman–Crippen MR) is 74.9 cm³/mol. The molecule has 0 spiro atoms. The minimum absolute atomic E-state index is 0.415. The number of thioether (sulfide) groups is 1. The van der Waals surface area contributed by atoms with Crippen LogP contribution in [0.25, 0.3) is 0 Å². The summed E-state index contributed by atoms with van der Waals surface area (Å²) in [7, 11) is 0. The van der Waals surface area contributed by atoms with Crippen LogP contribution in [0.1, 0.15) is 45.6 Å². The number of nitriles is 1. The second-order valence-electron chi connectivity index (χ2n) is 4.93. The van der Waals surface area contributed by atoms with Gasteiger partial charge in [0.05, 0.1) is 0 Å². The highest BCUT2D eigenvalue weighted by atomic mass is 32.2. The molecule has 0 amide bonds. The van der Waals surface area contributed by atoms with Crippen molar-refractivity contribution in [1.29, 1.82) is 5.26 Å². The number of benzene rings is 1. The zero-order valence-electron chi connectivity index (χ0n) is 11.0. The van der Waals surface area contributed by atoms with E-state index in [0.717, 1.165) is 11.3 Å². The van der Waals surface area contributed by atoms with Gasteiger partial charge in [-0.05, 0) is 47.7 Å². The average Bonchev–Trinajstić information content (AvgIpc) is 2.32. The quantitative estimate of drug-likeness (QED) is 0.520. The number of rotatable bonds is 6. The van der Waals surface area contributed by atoms with E-state index in [0.29, 0.717) is 5.41 Å². The fourth-order valence-electron chi connectivity index (χ4n) is 2.21. The zero-order chi connectivity index (χ0) is 12.7. The highest BCUT2D eigenvalue weighted by molar-refractivity contribution is 8.03. The first kappa shape index (κ1) is 14.1. The highest BCUT2D eigenvalue weighted by Gasteiger charge is 2.21. The van der Waals surface area contributed by atoms with E-state index in [1.165, 1.54) is 36.6 Å². The largest absolute Gasteiger partial charge is 0.185 e. The Bertz CT molecular complexity index is 377. The number of hydrogen-bond acceptors (Lipinski definition) is 2. The fourth-order valence-corrected chi connectivity index (χ4v) is 2.59. The third-order valence-electron chi connectivity index (χ3n) is 3.42. The van der Waals surface area contributed by atoms with Crippen molar-refractivity contribution in [3.05, 3.63) is 29.8 Å². The summed E-state index contributed by atoms with van der Waals surface area (Å²) < 4.78 is 0. The molecular formula is C15H21NS. The zero-order valence-corrected chi connectivity index (χ0v) is 11.8. The summed E-state index contributed by atoms with van der Waals surface area (Å²) in [6.07, 6.45) is 4.87. The molecule has 0 saturated carbocycles. The molecule has 1 unspecified atom stereocenters. The highest BCUT2D eigenvalue weighted by Crippen LogP contribution is 2.32. The Morgan fingerprint density at radius 2 is 1.88 bits per heavy atom. The fraction of sp³-hybridized carbons (Fsp3) is 0.533. The minimum Gasteiger partial charge on any atom is -0.185 e. The molecule has 17 heavy (non-hydrogen) atoms. The summed E-state index contributed by atoms with van der Waals surface area (Å²) in [5.41, 5.74) is 1.80.